The van der Waals surface area contributed by atoms with Crippen LogP contribution in [-0.4, -0.2) is 69.7 Å². The summed E-state index contributed by atoms with van der Waals surface area (Å²) in [5.41, 5.74) is 0. The van der Waals surface area contributed by atoms with Crippen LogP contribution in [0.2, 0.25) is 0 Å². The van der Waals surface area contributed by atoms with E-state index in [1.165, 1.54) is 0 Å². The predicted octanol–water partition coefficient (Wildman–Crippen LogP) is -0.437. The fourth-order valence-corrected chi connectivity index (χ4v) is 3.24. The molecule has 0 aromatic heterocycles. The lowest BCUT2D eigenvalue weighted by atomic mass is 10.4. The van der Waals surface area contributed by atoms with Gasteiger partial charge >= 0.3 is 0 Å². The molecule has 5 nitrogen and oxygen atoms in total. The molecule has 1 fully saturated rings. The van der Waals surface area contributed by atoms with Gasteiger partial charge < -0.3 is 10.2 Å². The molecule has 1 aliphatic heterocycles. The van der Waals surface area contributed by atoms with Crippen molar-refractivity contribution in [3.05, 3.63) is 0 Å². The molecule has 0 aliphatic carbocycles. The predicted molar refractivity (Wildman–Crippen MR) is 66.0 cm³/mol. The molecule has 1 saturated heterocycles. The number of nitrogens with one attached hydrogen (secondary N) is 1. The summed E-state index contributed by atoms with van der Waals surface area (Å²) in [7, 11) is -0.998. The van der Waals surface area contributed by atoms with E-state index in [9.17, 15) is 8.42 Å². The Morgan fingerprint density at radius 2 is 1.81 bits per heavy atom. The number of hydrogen-bond donors (Lipinski definition) is 1. The van der Waals surface area contributed by atoms with Gasteiger partial charge in [0.15, 0.2) is 0 Å². The Bertz CT molecular complexity index is 284. The number of nitrogens with zero attached hydrogens (tertiary/aromatic N) is 2. The third-order valence-corrected chi connectivity index (χ3v) is 4.82. The number of likely N-dealkylation sites (N-methyl/N-ethyl adjacent to an activating group) is 1. The topological polar surface area (TPSA) is 52.7 Å². The zero-order chi connectivity index (χ0) is 12.0. The zero-order valence-electron chi connectivity index (χ0n) is 10.3. The van der Waals surface area contributed by atoms with E-state index in [-0.39, 0.29) is 5.75 Å². The molecule has 0 unspecified atom stereocenters. The summed E-state index contributed by atoms with van der Waals surface area (Å²) in [5.74, 6) is 0.268. The van der Waals surface area contributed by atoms with E-state index in [0.29, 0.717) is 19.5 Å². The lowest BCUT2D eigenvalue weighted by molar-refractivity contribution is 0.222. The van der Waals surface area contributed by atoms with Gasteiger partial charge in [-0.2, -0.15) is 4.31 Å². The molecule has 0 aromatic carbocycles. The lowest BCUT2D eigenvalue weighted by Gasteiger charge is -2.31. The van der Waals surface area contributed by atoms with Crippen molar-refractivity contribution < 1.29 is 8.42 Å². The van der Waals surface area contributed by atoms with Crippen LogP contribution in [-0.2, 0) is 10.0 Å². The SMILES string of the molecule is CCNCCCS(=O)(=O)N1CCN(C)CC1. The van der Waals surface area contributed by atoms with Gasteiger partial charge in [-0.05, 0) is 26.6 Å². The number of sulfonamides is 1. The summed E-state index contributed by atoms with van der Waals surface area (Å²) in [6.07, 6.45) is 0.697. The lowest BCUT2D eigenvalue weighted by Crippen LogP contribution is -2.47. The molecule has 6 heteroatoms. The molecule has 0 aromatic rings. The average Bonchev–Trinajstić information content (AvgIpc) is 2.25. The largest absolute Gasteiger partial charge is 0.317 e. The Morgan fingerprint density at radius 1 is 1.19 bits per heavy atom. The minimum Gasteiger partial charge on any atom is -0.317 e. The van der Waals surface area contributed by atoms with Gasteiger partial charge in [0.1, 0.15) is 0 Å². The highest BCUT2D eigenvalue weighted by molar-refractivity contribution is 7.89. The summed E-state index contributed by atoms with van der Waals surface area (Å²) >= 11 is 0. The average molecular weight is 249 g/mol. The van der Waals surface area contributed by atoms with Crippen LogP contribution in [0.25, 0.3) is 0 Å². The van der Waals surface area contributed by atoms with E-state index < -0.39 is 10.0 Å². The second-order valence-electron chi connectivity index (χ2n) is 4.23. The monoisotopic (exact) mass is 249 g/mol. The fourth-order valence-electron chi connectivity index (χ4n) is 1.75. The normalized spacial score (nSPS) is 20.1. The van der Waals surface area contributed by atoms with E-state index in [4.69, 9.17) is 0 Å². The van der Waals surface area contributed by atoms with Gasteiger partial charge in [-0.25, -0.2) is 8.42 Å². The van der Waals surface area contributed by atoms with Crippen LogP contribution >= 0.6 is 0 Å². The van der Waals surface area contributed by atoms with Crippen LogP contribution in [0.4, 0.5) is 0 Å². The van der Waals surface area contributed by atoms with Crippen LogP contribution in [0.15, 0.2) is 0 Å². The van der Waals surface area contributed by atoms with Gasteiger partial charge in [-0.15, -0.1) is 0 Å². The van der Waals surface area contributed by atoms with Crippen molar-refractivity contribution in [2.75, 3.05) is 52.1 Å². The summed E-state index contributed by atoms with van der Waals surface area (Å²) in [4.78, 5) is 2.16. The Labute approximate surface area is 98.8 Å². The van der Waals surface area contributed by atoms with Crippen molar-refractivity contribution in [3.8, 4) is 0 Å². The molecule has 0 spiro atoms. The molecule has 96 valence electrons. The molecule has 0 saturated carbocycles. The third-order valence-electron chi connectivity index (χ3n) is 2.86. The van der Waals surface area contributed by atoms with E-state index >= 15 is 0 Å². The van der Waals surface area contributed by atoms with Gasteiger partial charge in [0, 0.05) is 26.2 Å². The molecule has 16 heavy (non-hydrogen) atoms. The smallest absolute Gasteiger partial charge is 0.214 e. The van der Waals surface area contributed by atoms with Crippen molar-refractivity contribution in [1.82, 2.24) is 14.5 Å². The molecule has 0 radical (unpaired) electrons. The zero-order valence-corrected chi connectivity index (χ0v) is 11.1. The standard InChI is InChI=1S/C10H23N3O2S/c1-3-11-5-4-10-16(14,15)13-8-6-12(2)7-9-13/h11H,3-10H2,1-2H3. The summed E-state index contributed by atoms with van der Waals surface area (Å²) in [6, 6.07) is 0. The first-order valence-electron chi connectivity index (χ1n) is 5.93. The Kier molecular flexibility index (Phi) is 5.68. The third kappa shape index (κ3) is 4.37. The van der Waals surface area contributed by atoms with Crippen LogP contribution in [0.1, 0.15) is 13.3 Å². The molecular weight excluding hydrogens is 226 g/mol. The quantitative estimate of drug-likeness (QED) is 0.649. The van der Waals surface area contributed by atoms with E-state index in [1.54, 1.807) is 4.31 Å². The summed E-state index contributed by atoms with van der Waals surface area (Å²) in [6.45, 7) is 6.66. The minimum absolute atomic E-state index is 0.268. The first-order valence-corrected chi connectivity index (χ1v) is 7.54. The highest BCUT2D eigenvalue weighted by Gasteiger charge is 2.24. The molecule has 1 N–H and O–H groups in total. The van der Waals surface area contributed by atoms with Gasteiger partial charge in [0.2, 0.25) is 10.0 Å². The molecular formula is C10H23N3O2S. The summed E-state index contributed by atoms with van der Waals surface area (Å²) in [5, 5.41) is 3.14. The van der Waals surface area contributed by atoms with Crippen molar-refractivity contribution in [2.24, 2.45) is 0 Å². The van der Waals surface area contributed by atoms with Crippen molar-refractivity contribution in [2.45, 2.75) is 13.3 Å². The highest BCUT2D eigenvalue weighted by Crippen LogP contribution is 2.07. The van der Waals surface area contributed by atoms with Gasteiger partial charge in [-0.1, -0.05) is 6.92 Å². The van der Waals surface area contributed by atoms with Crippen LogP contribution in [0, 0.1) is 0 Å². The van der Waals surface area contributed by atoms with Crippen LogP contribution in [0.3, 0.4) is 0 Å². The number of rotatable bonds is 6. The van der Waals surface area contributed by atoms with E-state index in [2.05, 4.69) is 10.2 Å². The van der Waals surface area contributed by atoms with E-state index in [0.717, 1.165) is 26.2 Å². The van der Waals surface area contributed by atoms with Crippen molar-refractivity contribution in [3.63, 3.8) is 0 Å². The van der Waals surface area contributed by atoms with E-state index in [1.807, 2.05) is 14.0 Å². The molecule has 1 rings (SSSR count). The second-order valence-corrected chi connectivity index (χ2v) is 6.31. The highest BCUT2D eigenvalue weighted by atomic mass is 32.2. The second kappa shape index (κ2) is 6.54. The van der Waals surface area contributed by atoms with Crippen LogP contribution in [0.5, 0.6) is 0 Å². The number of piperazine rings is 1. The maximum atomic E-state index is 11.9. The maximum Gasteiger partial charge on any atom is 0.214 e. The van der Waals surface area contributed by atoms with Crippen molar-refractivity contribution in [1.29, 1.82) is 0 Å². The fraction of sp³-hybridized carbons (Fsp3) is 1.00. The minimum atomic E-state index is -3.02. The van der Waals surface area contributed by atoms with Crippen LogP contribution < -0.4 is 5.32 Å². The molecule has 0 bridgehead atoms. The Morgan fingerprint density at radius 3 is 2.38 bits per heavy atom. The Hall–Kier alpha value is -0.170. The maximum absolute atomic E-state index is 11.9. The molecule has 0 amide bonds. The first kappa shape index (κ1) is 13.9. The molecule has 1 heterocycles. The van der Waals surface area contributed by atoms with Gasteiger partial charge in [-0.3, -0.25) is 0 Å². The van der Waals surface area contributed by atoms with Gasteiger partial charge in [0.25, 0.3) is 0 Å². The molecule has 1 aliphatic rings. The van der Waals surface area contributed by atoms with Crippen molar-refractivity contribution >= 4 is 10.0 Å². The Balaban J connectivity index is 2.33. The summed E-state index contributed by atoms with van der Waals surface area (Å²) < 4.78 is 25.5. The first-order chi connectivity index (χ1) is 7.56. The number of hydrogen-bond acceptors (Lipinski definition) is 4. The van der Waals surface area contributed by atoms with Gasteiger partial charge in [0.05, 0.1) is 5.75 Å². The molecule has 0 atom stereocenters.